The molecule has 28 heavy (non-hydrogen) atoms. The number of para-hydroxylation sites is 1. The molecule has 0 saturated carbocycles. The highest BCUT2D eigenvalue weighted by atomic mass is 16.2. The first kappa shape index (κ1) is 19.9. The lowest BCUT2D eigenvalue weighted by molar-refractivity contribution is -0.114. The van der Waals surface area contributed by atoms with Gasteiger partial charge in [0.2, 0.25) is 0 Å². The number of hydrogen-bond donors (Lipinski definition) is 0. The van der Waals surface area contributed by atoms with E-state index in [1.165, 1.54) is 10.7 Å². The lowest BCUT2D eigenvalue weighted by Gasteiger charge is -2.31. The molecule has 0 N–H and O–H groups in total. The Morgan fingerprint density at radius 3 is 2.39 bits per heavy atom. The highest BCUT2D eigenvalue weighted by molar-refractivity contribution is 6.29. The van der Waals surface area contributed by atoms with Crippen LogP contribution in [0.2, 0.25) is 0 Å². The molecule has 148 valence electrons. The number of carbonyl (C=O) groups is 1. The van der Waals surface area contributed by atoms with E-state index in [1.54, 1.807) is 0 Å². The summed E-state index contributed by atoms with van der Waals surface area (Å²) in [4.78, 5) is 17.4. The van der Waals surface area contributed by atoms with Crippen molar-refractivity contribution >= 4 is 17.4 Å². The van der Waals surface area contributed by atoms with Crippen molar-refractivity contribution in [2.75, 3.05) is 32.2 Å². The van der Waals surface area contributed by atoms with Gasteiger partial charge in [-0.25, -0.2) is 0 Å². The lowest BCUT2D eigenvalue weighted by atomic mass is 9.90. The number of anilines is 1. The van der Waals surface area contributed by atoms with Crippen LogP contribution >= 0.6 is 0 Å². The van der Waals surface area contributed by atoms with Crippen LogP contribution in [0, 0.1) is 5.92 Å². The second-order valence-corrected chi connectivity index (χ2v) is 7.44. The van der Waals surface area contributed by atoms with Gasteiger partial charge in [-0.05, 0) is 50.1 Å². The van der Waals surface area contributed by atoms with Crippen LogP contribution in [-0.2, 0) is 4.79 Å². The molecule has 0 unspecified atom stereocenters. The first-order valence-corrected chi connectivity index (χ1v) is 9.99. The molecule has 1 aliphatic carbocycles. The van der Waals surface area contributed by atoms with Gasteiger partial charge in [0.1, 0.15) is 0 Å². The number of amides is 1. The monoisotopic (exact) mass is 378 g/mol. The van der Waals surface area contributed by atoms with Crippen molar-refractivity contribution in [3.63, 3.8) is 0 Å². The fourth-order valence-electron chi connectivity index (χ4n) is 3.79. The van der Waals surface area contributed by atoms with Crippen molar-refractivity contribution in [1.29, 1.82) is 0 Å². The molecule has 1 amide bonds. The Bertz CT molecular complexity index is 845. The summed E-state index contributed by atoms with van der Waals surface area (Å²) in [7, 11) is 3.84. The largest absolute Gasteiger partial charge is 0.375 e. The molecule has 1 aliphatic heterocycles. The summed E-state index contributed by atoms with van der Waals surface area (Å²) in [5.41, 5.74) is 3.96. The van der Waals surface area contributed by atoms with Gasteiger partial charge in [0.05, 0.1) is 11.3 Å². The highest BCUT2D eigenvalue weighted by Gasteiger charge is 2.33. The van der Waals surface area contributed by atoms with Gasteiger partial charge in [0.15, 0.2) is 5.84 Å². The van der Waals surface area contributed by atoms with Crippen LogP contribution in [0.3, 0.4) is 0 Å². The van der Waals surface area contributed by atoms with Crippen LogP contribution in [0.4, 0.5) is 5.69 Å². The van der Waals surface area contributed by atoms with E-state index in [4.69, 9.17) is 0 Å². The molecule has 1 heterocycles. The van der Waals surface area contributed by atoms with E-state index >= 15 is 0 Å². The van der Waals surface area contributed by atoms with Crippen LogP contribution in [0.25, 0.3) is 0 Å². The van der Waals surface area contributed by atoms with Gasteiger partial charge in [-0.2, -0.15) is 5.01 Å². The number of amidine groups is 1. The first-order chi connectivity index (χ1) is 13.5. The summed E-state index contributed by atoms with van der Waals surface area (Å²) in [6.45, 7) is 8.65. The van der Waals surface area contributed by atoms with Gasteiger partial charge in [0, 0.05) is 38.8 Å². The summed E-state index contributed by atoms with van der Waals surface area (Å²) >= 11 is 0. The van der Waals surface area contributed by atoms with E-state index in [0.29, 0.717) is 17.3 Å². The van der Waals surface area contributed by atoms with Crippen molar-refractivity contribution < 1.29 is 4.79 Å². The first-order valence-electron chi connectivity index (χ1n) is 9.99. The predicted molar refractivity (Wildman–Crippen MR) is 116 cm³/mol. The molecule has 0 bridgehead atoms. The topological polar surface area (TPSA) is 39.2 Å². The van der Waals surface area contributed by atoms with Gasteiger partial charge < -0.3 is 9.80 Å². The number of hydrazone groups is 1. The van der Waals surface area contributed by atoms with Crippen LogP contribution in [-0.4, -0.2) is 48.7 Å². The van der Waals surface area contributed by atoms with Crippen LogP contribution in [0.15, 0.2) is 70.5 Å². The summed E-state index contributed by atoms with van der Waals surface area (Å²) < 4.78 is 0. The average Bonchev–Trinajstić information content (AvgIpc) is 3.02. The summed E-state index contributed by atoms with van der Waals surface area (Å²) in [6, 6.07) is 9.57. The molecule has 1 atom stereocenters. The van der Waals surface area contributed by atoms with E-state index in [-0.39, 0.29) is 5.91 Å². The van der Waals surface area contributed by atoms with E-state index < -0.39 is 0 Å². The van der Waals surface area contributed by atoms with Gasteiger partial charge in [-0.1, -0.05) is 31.2 Å². The Hall–Kier alpha value is -2.82. The van der Waals surface area contributed by atoms with Crippen molar-refractivity contribution in [2.45, 2.75) is 27.2 Å². The number of rotatable bonds is 5. The van der Waals surface area contributed by atoms with Gasteiger partial charge in [-0.15, -0.1) is 5.10 Å². The molecule has 5 heteroatoms. The minimum Gasteiger partial charge on any atom is -0.375 e. The zero-order valence-electron chi connectivity index (χ0n) is 17.5. The molecule has 0 spiro atoms. The molecule has 2 aliphatic rings. The van der Waals surface area contributed by atoms with Crippen LogP contribution in [0.1, 0.15) is 27.2 Å². The van der Waals surface area contributed by atoms with E-state index in [2.05, 4.69) is 42.9 Å². The molecular formula is C23H30N4O. The minimum atomic E-state index is -0.0815. The molecule has 5 nitrogen and oxygen atoms in total. The second-order valence-electron chi connectivity index (χ2n) is 7.44. The molecule has 0 saturated heterocycles. The number of nitrogens with zero attached hydrogens (tertiary/aromatic N) is 4. The zero-order valence-corrected chi connectivity index (χ0v) is 17.5. The normalized spacial score (nSPS) is 20.8. The van der Waals surface area contributed by atoms with Gasteiger partial charge in [0.25, 0.3) is 5.91 Å². The summed E-state index contributed by atoms with van der Waals surface area (Å²) in [5.74, 6) is 1.04. The molecule has 1 aromatic carbocycles. The van der Waals surface area contributed by atoms with E-state index in [1.807, 2.05) is 55.4 Å². The molecule has 3 rings (SSSR count). The Morgan fingerprint density at radius 2 is 1.82 bits per heavy atom. The van der Waals surface area contributed by atoms with Crippen molar-refractivity contribution in [3.8, 4) is 0 Å². The predicted octanol–water partition coefficient (Wildman–Crippen LogP) is 4.03. The highest BCUT2D eigenvalue weighted by Crippen LogP contribution is 2.31. The second kappa shape index (κ2) is 8.46. The number of benzene rings is 1. The van der Waals surface area contributed by atoms with Gasteiger partial charge in [-0.3, -0.25) is 4.79 Å². The quantitative estimate of drug-likeness (QED) is 0.726. The maximum absolute atomic E-state index is 13.1. The Balaban J connectivity index is 1.93. The van der Waals surface area contributed by atoms with Crippen molar-refractivity contribution in [2.24, 2.45) is 11.0 Å². The van der Waals surface area contributed by atoms with E-state index in [9.17, 15) is 4.79 Å². The smallest absolute Gasteiger partial charge is 0.282 e. The van der Waals surface area contributed by atoms with Gasteiger partial charge >= 0.3 is 0 Å². The number of carbonyl (C=O) groups excluding carboxylic acids is 1. The molecule has 0 fully saturated rings. The lowest BCUT2D eigenvalue weighted by Crippen LogP contribution is -2.28. The molecular weight excluding hydrogens is 348 g/mol. The maximum atomic E-state index is 13.1. The van der Waals surface area contributed by atoms with Crippen molar-refractivity contribution in [3.05, 3.63) is 65.4 Å². The summed E-state index contributed by atoms with van der Waals surface area (Å²) in [6.07, 6.45) is 7.28. The fraction of sp³-hybridized carbons (Fsp3) is 0.391. The molecule has 1 aromatic rings. The third-order valence-corrected chi connectivity index (χ3v) is 5.26. The number of likely N-dealkylation sites (N-methyl/N-ethyl adjacent to an activating group) is 1. The maximum Gasteiger partial charge on any atom is 0.282 e. The third kappa shape index (κ3) is 3.88. The Morgan fingerprint density at radius 1 is 1.14 bits per heavy atom. The SMILES string of the molecule is CCN(CC)C1=CC=C(/C=C2\C(=O)N(c3ccccc3)N=C2N(C)C)C[C@@H]1C. The number of allylic oxidation sites excluding steroid dienone is 5. The average molecular weight is 379 g/mol. The Kier molecular flexibility index (Phi) is 6.02. The molecule has 0 aromatic heterocycles. The zero-order chi connectivity index (χ0) is 20.3. The molecule has 0 radical (unpaired) electrons. The number of hydrogen-bond acceptors (Lipinski definition) is 4. The fourth-order valence-corrected chi connectivity index (χ4v) is 3.79. The third-order valence-electron chi connectivity index (χ3n) is 5.26. The Labute approximate surface area is 168 Å². The van der Waals surface area contributed by atoms with Crippen LogP contribution < -0.4 is 5.01 Å². The minimum absolute atomic E-state index is 0.0815. The van der Waals surface area contributed by atoms with E-state index in [0.717, 1.165) is 30.8 Å². The standard InChI is InChI=1S/C23H30N4O/c1-6-26(7-2)21-14-13-18(15-17(21)3)16-20-22(25(4)5)24-27(23(20)28)19-11-9-8-10-12-19/h8-14,16-17H,6-7,15H2,1-5H3/b20-16-/t17-/m0/s1. The van der Waals surface area contributed by atoms with Crippen molar-refractivity contribution in [1.82, 2.24) is 9.80 Å². The van der Waals surface area contributed by atoms with Crippen LogP contribution in [0.5, 0.6) is 0 Å². The summed E-state index contributed by atoms with van der Waals surface area (Å²) in [5, 5.41) is 6.07.